The van der Waals surface area contributed by atoms with Gasteiger partial charge in [0.25, 0.3) is 0 Å². The molecule has 0 saturated heterocycles. The van der Waals surface area contributed by atoms with Gasteiger partial charge in [0.05, 0.1) is 13.5 Å². The molecule has 0 fully saturated rings. The third-order valence-electron chi connectivity index (χ3n) is 2.37. The summed E-state index contributed by atoms with van der Waals surface area (Å²) >= 11 is 3.42. The molecule has 0 spiro atoms. The minimum Gasteiger partial charge on any atom is -0.469 e. The van der Waals surface area contributed by atoms with Crippen molar-refractivity contribution >= 4 is 21.9 Å². The summed E-state index contributed by atoms with van der Waals surface area (Å²) in [5.74, 6) is 6.57. The predicted octanol–water partition coefficient (Wildman–Crippen LogP) is 3.56. The van der Waals surface area contributed by atoms with Gasteiger partial charge in [0.2, 0.25) is 0 Å². The lowest BCUT2D eigenvalue weighted by Crippen LogP contribution is -2.06. The molecule has 0 heterocycles. The first-order valence-corrected chi connectivity index (χ1v) is 6.66. The molecule has 0 aromatic heterocycles. The standard InChI is InChI=1S/C15H17BrO2/c1-11(2)5-4-6-12-9-14(16)8-7-13(12)10-15(17)18-3/h7-9,11H,5,10H2,1-3H3. The molecule has 0 aliphatic heterocycles. The molecular formula is C15H17BrO2. The van der Waals surface area contributed by atoms with Gasteiger partial charge in [-0.1, -0.05) is 47.7 Å². The van der Waals surface area contributed by atoms with Crippen molar-refractivity contribution in [3.05, 3.63) is 33.8 Å². The molecule has 0 saturated carbocycles. The van der Waals surface area contributed by atoms with Crippen LogP contribution < -0.4 is 0 Å². The molecule has 0 atom stereocenters. The van der Waals surface area contributed by atoms with E-state index in [1.54, 1.807) is 0 Å². The molecule has 0 N–H and O–H groups in total. The Balaban J connectivity index is 2.95. The summed E-state index contributed by atoms with van der Waals surface area (Å²) in [6.45, 7) is 4.26. The summed E-state index contributed by atoms with van der Waals surface area (Å²) in [5, 5.41) is 0. The lowest BCUT2D eigenvalue weighted by Gasteiger charge is -2.04. The number of halogens is 1. The third-order valence-corrected chi connectivity index (χ3v) is 2.86. The van der Waals surface area contributed by atoms with Crippen LogP contribution in [-0.4, -0.2) is 13.1 Å². The van der Waals surface area contributed by atoms with Crippen molar-refractivity contribution in [2.75, 3.05) is 7.11 Å². The van der Waals surface area contributed by atoms with Crippen molar-refractivity contribution in [1.82, 2.24) is 0 Å². The van der Waals surface area contributed by atoms with Crippen LogP contribution in [0.5, 0.6) is 0 Å². The molecule has 2 nitrogen and oxygen atoms in total. The lowest BCUT2D eigenvalue weighted by molar-refractivity contribution is -0.139. The van der Waals surface area contributed by atoms with E-state index in [9.17, 15) is 4.79 Å². The number of rotatable bonds is 3. The Morgan fingerprint density at radius 3 is 2.78 bits per heavy atom. The van der Waals surface area contributed by atoms with Crippen LogP contribution >= 0.6 is 15.9 Å². The number of hydrogen-bond acceptors (Lipinski definition) is 2. The fraction of sp³-hybridized carbons (Fsp3) is 0.400. The summed E-state index contributed by atoms with van der Waals surface area (Å²) in [6.07, 6.45) is 1.11. The SMILES string of the molecule is COC(=O)Cc1ccc(Br)cc1C#CCC(C)C. The number of ether oxygens (including phenoxy) is 1. The molecule has 1 rings (SSSR count). The second-order valence-electron chi connectivity index (χ2n) is 4.45. The smallest absolute Gasteiger partial charge is 0.310 e. The Kier molecular flexibility index (Phi) is 5.94. The topological polar surface area (TPSA) is 26.3 Å². The van der Waals surface area contributed by atoms with Gasteiger partial charge in [-0.25, -0.2) is 0 Å². The van der Waals surface area contributed by atoms with Crippen LogP contribution in [0.15, 0.2) is 22.7 Å². The zero-order valence-electron chi connectivity index (χ0n) is 10.9. The Morgan fingerprint density at radius 2 is 2.17 bits per heavy atom. The number of carbonyl (C=O) groups excluding carboxylic acids is 1. The van der Waals surface area contributed by atoms with E-state index in [4.69, 9.17) is 0 Å². The molecule has 0 aliphatic carbocycles. The van der Waals surface area contributed by atoms with Gasteiger partial charge < -0.3 is 4.74 Å². The number of hydrogen-bond donors (Lipinski definition) is 0. The average Bonchev–Trinajstić information content (AvgIpc) is 2.31. The van der Waals surface area contributed by atoms with E-state index in [0.29, 0.717) is 5.92 Å². The van der Waals surface area contributed by atoms with E-state index in [1.165, 1.54) is 7.11 Å². The highest BCUT2D eigenvalue weighted by Crippen LogP contribution is 2.17. The van der Waals surface area contributed by atoms with E-state index < -0.39 is 0 Å². The van der Waals surface area contributed by atoms with Crippen LogP contribution in [0.4, 0.5) is 0 Å². The van der Waals surface area contributed by atoms with Crippen molar-refractivity contribution in [2.45, 2.75) is 26.7 Å². The van der Waals surface area contributed by atoms with E-state index in [0.717, 1.165) is 22.0 Å². The molecule has 0 unspecified atom stereocenters. The molecule has 3 heteroatoms. The van der Waals surface area contributed by atoms with Gasteiger partial charge in [-0.15, -0.1) is 0 Å². The number of benzene rings is 1. The van der Waals surface area contributed by atoms with Gasteiger partial charge in [0.15, 0.2) is 0 Å². The molecule has 0 amide bonds. The van der Waals surface area contributed by atoms with E-state index in [2.05, 4.69) is 46.4 Å². The van der Waals surface area contributed by atoms with Crippen LogP contribution in [-0.2, 0) is 16.0 Å². The Labute approximate surface area is 117 Å². The monoisotopic (exact) mass is 308 g/mol. The maximum absolute atomic E-state index is 11.3. The lowest BCUT2D eigenvalue weighted by atomic mass is 10.0. The highest BCUT2D eigenvalue weighted by Gasteiger charge is 2.07. The first-order chi connectivity index (χ1) is 8.52. The van der Waals surface area contributed by atoms with Gasteiger partial charge in [-0.3, -0.25) is 4.79 Å². The minimum absolute atomic E-state index is 0.246. The summed E-state index contributed by atoms with van der Waals surface area (Å²) in [4.78, 5) is 11.3. The second kappa shape index (κ2) is 7.23. The first-order valence-electron chi connectivity index (χ1n) is 5.87. The van der Waals surface area contributed by atoms with Gasteiger partial charge in [0.1, 0.15) is 0 Å². The normalized spacial score (nSPS) is 9.83. The van der Waals surface area contributed by atoms with Crippen LogP contribution in [0.25, 0.3) is 0 Å². The summed E-state index contributed by atoms with van der Waals surface area (Å²) < 4.78 is 5.65. The van der Waals surface area contributed by atoms with Crippen molar-refractivity contribution < 1.29 is 9.53 Å². The number of esters is 1. The van der Waals surface area contributed by atoms with Gasteiger partial charge >= 0.3 is 5.97 Å². The molecule has 18 heavy (non-hydrogen) atoms. The fourth-order valence-electron chi connectivity index (χ4n) is 1.40. The number of carbonyl (C=O) groups is 1. The van der Waals surface area contributed by atoms with Gasteiger partial charge in [-0.05, 0) is 23.6 Å². The van der Waals surface area contributed by atoms with Crippen LogP contribution in [0.2, 0.25) is 0 Å². The van der Waals surface area contributed by atoms with Crippen LogP contribution in [0.1, 0.15) is 31.4 Å². The molecule has 96 valence electrons. The van der Waals surface area contributed by atoms with E-state index >= 15 is 0 Å². The highest BCUT2D eigenvalue weighted by molar-refractivity contribution is 9.10. The van der Waals surface area contributed by atoms with Gasteiger partial charge in [0, 0.05) is 16.5 Å². The molecule has 0 bridgehead atoms. The zero-order chi connectivity index (χ0) is 13.5. The van der Waals surface area contributed by atoms with E-state index in [-0.39, 0.29) is 12.4 Å². The Hall–Kier alpha value is -1.27. The quantitative estimate of drug-likeness (QED) is 0.630. The van der Waals surface area contributed by atoms with Gasteiger partial charge in [-0.2, -0.15) is 0 Å². The predicted molar refractivity (Wildman–Crippen MR) is 76.2 cm³/mol. The average molecular weight is 309 g/mol. The molecular weight excluding hydrogens is 292 g/mol. The highest BCUT2D eigenvalue weighted by atomic mass is 79.9. The maximum Gasteiger partial charge on any atom is 0.310 e. The minimum atomic E-state index is -0.246. The molecule has 1 aromatic rings. The maximum atomic E-state index is 11.3. The molecule has 0 radical (unpaired) electrons. The third kappa shape index (κ3) is 4.93. The molecule has 0 aliphatic rings. The van der Waals surface area contributed by atoms with Crippen molar-refractivity contribution in [3.63, 3.8) is 0 Å². The summed E-state index contributed by atoms with van der Waals surface area (Å²) in [6, 6.07) is 5.75. The van der Waals surface area contributed by atoms with Crippen molar-refractivity contribution in [2.24, 2.45) is 5.92 Å². The van der Waals surface area contributed by atoms with Crippen LogP contribution in [0.3, 0.4) is 0 Å². The van der Waals surface area contributed by atoms with E-state index in [1.807, 2.05) is 18.2 Å². The van der Waals surface area contributed by atoms with Crippen molar-refractivity contribution in [1.29, 1.82) is 0 Å². The molecule has 1 aromatic carbocycles. The fourth-order valence-corrected chi connectivity index (χ4v) is 1.76. The van der Waals surface area contributed by atoms with Crippen LogP contribution in [0, 0.1) is 17.8 Å². The summed E-state index contributed by atoms with van der Waals surface area (Å²) in [7, 11) is 1.39. The second-order valence-corrected chi connectivity index (χ2v) is 5.37. The first kappa shape index (κ1) is 14.8. The Morgan fingerprint density at radius 1 is 1.44 bits per heavy atom. The number of methoxy groups -OCH3 is 1. The zero-order valence-corrected chi connectivity index (χ0v) is 12.5. The van der Waals surface area contributed by atoms with Crippen molar-refractivity contribution in [3.8, 4) is 11.8 Å². The summed E-state index contributed by atoms with van der Waals surface area (Å²) in [5.41, 5.74) is 1.79. The largest absolute Gasteiger partial charge is 0.469 e. The Bertz CT molecular complexity index is 481.